The van der Waals surface area contributed by atoms with E-state index in [-0.39, 0.29) is 24.0 Å². The van der Waals surface area contributed by atoms with Gasteiger partial charge in [0.1, 0.15) is 0 Å². The number of aromatic nitrogens is 2. The lowest BCUT2D eigenvalue weighted by Crippen LogP contribution is -2.51. The summed E-state index contributed by atoms with van der Waals surface area (Å²) in [5.41, 5.74) is 4.84. The van der Waals surface area contributed by atoms with Crippen LogP contribution in [0.25, 0.3) is 0 Å². The Morgan fingerprint density at radius 2 is 2.00 bits per heavy atom. The molecule has 1 saturated heterocycles. The minimum atomic E-state index is 0. The molecule has 1 unspecified atom stereocenters. The van der Waals surface area contributed by atoms with Gasteiger partial charge in [-0.2, -0.15) is 5.10 Å². The second-order valence-corrected chi connectivity index (χ2v) is 7.67. The topological polar surface area (TPSA) is 57.5 Å². The van der Waals surface area contributed by atoms with E-state index in [2.05, 4.69) is 71.7 Å². The average Bonchev–Trinajstić information content (AvgIpc) is 2.93. The first kappa shape index (κ1) is 23.7. The van der Waals surface area contributed by atoms with Crippen LogP contribution >= 0.6 is 24.0 Å². The van der Waals surface area contributed by atoms with Crippen molar-refractivity contribution in [2.24, 2.45) is 12.0 Å². The summed E-state index contributed by atoms with van der Waals surface area (Å²) in [6.07, 6.45) is 2.39. The van der Waals surface area contributed by atoms with Crippen LogP contribution < -0.4 is 10.6 Å². The number of likely N-dealkylation sites (tertiary alicyclic amines) is 1. The molecule has 0 saturated carbocycles. The summed E-state index contributed by atoms with van der Waals surface area (Å²) >= 11 is 0. The largest absolute Gasteiger partial charge is 0.357 e. The normalized spacial score (nSPS) is 17.7. The van der Waals surface area contributed by atoms with Gasteiger partial charge in [-0.3, -0.25) is 9.58 Å². The molecule has 0 bridgehead atoms. The van der Waals surface area contributed by atoms with E-state index in [1.807, 2.05) is 11.7 Å². The molecule has 3 rings (SSSR count). The van der Waals surface area contributed by atoms with Crippen LogP contribution in [-0.4, -0.2) is 46.3 Å². The van der Waals surface area contributed by atoms with Gasteiger partial charge in [-0.05, 0) is 45.7 Å². The third kappa shape index (κ3) is 6.70. The van der Waals surface area contributed by atoms with Gasteiger partial charge < -0.3 is 10.6 Å². The SMILES string of the molecule is CCNC(=NCc1c(C)nn(C)c1C)NC1CCCN(Cc2ccccc2)C1.I. The van der Waals surface area contributed by atoms with Gasteiger partial charge in [0, 0.05) is 44.0 Å². The summed E-state index contributed by atoms with van der Waals surface area (Å²) in [6, 6.07) is 11.2. The number of nitrogens with zero attached hydrogens (tertiary/aromatic N) is 4. The fourth-order valence-corrected chi connectivity index (χ4v) is 3.88. The molecule has 1 aliphatic heterocycles. The van der Waals surface area contributed by atoms with Gasteiger partial charge in [-0.25, -0.2) is 4.99 Å². The minimum Gasteiger partial charge on any atom is -0.357 e. The number of rotatable bonds is 6. The Labute approximate surface area is 192 Å². The van der Waals surface area contributed by atoms with E-state index in [1.54, 1.807) is 0 Å². The molecule has 1 aliphatic rings. The Hall–Kier alpha value is -1.61. The zero-order chi connectivity index (χ0) is 19.9. The average molecular weight is 510 g/mol. The first-order valence-electron chi connectivity index (χ1n) is 10.4. The van der Waals surface area contributed by atoms with Gasteiger partial charge in [0.05, 0.1) is 12.2 Å². The van der Waals surface area contributed by atoms with Gasteiger partial charge >= 0.3 is 0 Å². The van der Waals surface area contributed by atoms with Crippen molar-refractivity contribution < 1.29 is 0 Å². The Balaban J connectivity index is 0.00000300. The van der Waals surface area contributed by atoms with Crippen LogP contribution in [0.2, 0.25) is 0 Å². The van der Waals surface area contributed by atoms with Crippen molar-refractivity contribution in [3.05, 3.63) is 52.8 Å². The van der Waals surface area contributed by atoms with Gasteiger partial charge in [0.15, 0.2) is 5.96 Å². The fourth-order valence-electron chi connectivity index (χ4n) is 3.88. The van der Waals surface area contributed by atoms with E-state index in [0.29, 0.717) is 12.6 Å². The van der Waals surface area contributed by atoms with E-state index in [1.165, 1.54) is 29.7 Å². The van der Waals surface area contributed by atoms with E-state index in [9.17, 15) is 0 Å². The Morgan fingerprint density at radius 1 is 1.24 bits per heavy atom. The maximum absolute atomic E-state index is 4.84. The quantitative estimate of drug-likeness (QED) is 0.356. The van der Waals surface area contributed by atoms with Crippen molar-refractivity contribution >= 4 is 29.9 Å². The molecule has 7 heteroatoms. The standard InChI is InChI=1S/C22H34N6.HI/c1-5-23-22(24-14-21-17(2)26-27(4)18(21)3)25-20-12-9-13-28(16-20)15-19-10-7-6-8-11-19;/h6-8,10-11,20H,5,9,12-16H2,1-4H3,(H2,23,24,25);1H. The highest BCUT2D eigenvalue weighted by Crippen LogP contribution is 2.15. The monoisotopic (exact) mass is 510 g/mol. The number of benzene rings is 1. The van der Waals surface area contributed by atoms with E-state index in [4.69, 9.17) is 4.99 Å². The summed E-state index contributed by atoms with van der Waals surface area (Å²) in [6.45, 7) is 11.0. The molecule has 0 radical (unpaired) electrons. The highest BCUT2D eigenvalue weighted by atomic mass is 127. The van der Waals surface area contributed by atoms with Crippen LogP contribution in [0.15, 0.2) is 35.3 Å². The van der Waals surface area contributed by atoms with E-state index < -0.39 is 0 Å². The molecule has 160 valence electrons. The lowest BCUT2D eigenvalue weighted by molar-refractivity contribution is 0.192. The fraction of sp³-hybridized carbons (Fsp3) is 0.545. The Bertz CT molecular complexity index is 786. The predicted molar refractivity (Wildman–Crippen MR) is 131 cm³/mol. The van der Waals surface area contributed by atoms with Crippen LogP contribution in [0, 0.1) is 13.8 Å². The molecule has 1 aromatic heterocycles. The summed E-state index contributed by atoms with van der Waals surface area (Å²) in [5.74, 6) is 0.900. The third-order valence-corrected chi connectivity index (χ3v) is 5.49. The molecule has 6 nitrogen and oxygen atoms in total. The van der Waals surface area contributed by atoms with Crippen molar-refractivity contribution in [3.63, 3.8) is 0 Å². The van der Waals surface area contributed by atoms with Gasteiger partial charge in [0.25, 0.3) is 0 Å². The first-order valence-corrected chi connectivity index (χ1v) is 10.4. The number of aliphatic imine (C=N–C) groups is 1. The van der Waals surface area contributed by atoms with Crippen LogP contribution in [0.3, 0.4) is 0 Å². The Kier molecular flexibility index (Phi) is 9.42. The summed E-state index contributed by atoms with van der Waals surface area (Å²) < 4.78 is 1.93. The number of nitrogens with one attached hydrogen (secondary N) is 2. The molecule has 2 heterocycles. The van der Waals surface area contributed by atoms with Crippen molar-refractivity contribution in [1.29, 1.82) is 0 Å². The summed E-state index contributed by atoms with van der Waals surface area (Å²) in [4.78, 5) is 7.38. The first-order chi connectivity index (χ1) is 13.6. The number of halogens is 1. The number of guanidine groups is 1. The molecular weight excluding hydrogens is 475 g/mol. The Morgan fingerprint density at radius 3 is 2.66 bits per heavy atom. The molecule has 0 spiro atoms. The maximum Gasteiger partial charge on any atom is 0.191 e. The van der Waals surface area contributed by atoms with Crippen LogP contribution in [0.1, 0.15) is 42.3 Å². The van der Waals surface area contributed by atoms with E-state index in [0.717, 1.165) is 37.8 Å². The predicted octanol–water partition coefficient (Wildman–Crippen LogP) is 3.37. The number of hydrogen-bond acceptors (Lipinski definition) is 3. The van der Waals surface area contributed by atoms with Gasteiger partial charge in [-0.15, -0.1) is 24.0 Å². The zero-order valence-electron chi connectivity index (χ0n) is 18.1. The van der Waals surface area contributed by atoms with Crippen LogP contribution in [0.5, 0.6) is 0 Å². The molecule has 1 atom stereocenters. The molecule has 0 aliphatic carbocycles. The lowest BCUT2D eigenvalue weighted by atomic mass is 10.0. The summed E-state index contributed by atoms with van der Waals surface area (Å²) in [7, 11) is 1.99. The zero-order valence-corrected chi connectivity index (χ0v) is 20.4. The van der Waals surface area contributed by atoms with Crippen molar-refractivity contribution in [2.75, 3.05) is 19.6 Å². The molecule has 2 N–H and O–H groups in total. The third-order valence-electron chi connectivity index (χ3n) is 5.49. The molecular formula is C22H35IN6. The molecule has 2 aromatic rings. The lowest BCUT2D eigenvalue weighted by Gasteiger charge is -2.34. The number of hydrogen-bond donors (Lipinski definition) is 2. The molecule has 1 fully saturated rings. The molecule has 0 amide bonds. The number of piperidine rings is 1. The summed E-state index contributed by atoms with van der Waals surface area (Å²) in [5, 5.41) is 11.6. The number of aryl methyl sites for hydroxylation is 2. The van der Waals surface area contributed by atoms with Gasteiger partial charge in [-0.1, -0.05) is 30.3 Å². The van der Waals surface area contributed by atoms with Crippen molar-refractivity contribution in [1.82, 2.24) is 25.3 Å². The molecule has 29 heavy (non-hydrogen) atoms. The highest BCUT2D eigenvalue weighted by Gasteiger charge is 2.21. The van der Waals surface area contributed by atoms with Crippen LogP contribution in [-0.2, 0) is 20.1 Å². The van der Waals surface area contributed by atoms with Crippen molar-refractivity contribution in [2.45, 2.75) is 52.7 Å². The van der Waals surface area contributed by atoms with E-state index >= 15 is 0 Å². The second kappa shape index (κ2) is 11.5. The van der Waals surface area contributed by atoms with Gasteiger partial charge in [0.2, 0.25) is 0 Å². The smallest absolute Gasteiger partial charge is 0.191 e. The second-order valence-electron chi connectivity index (χ2n) is 7.67. The highest BCUT2D eigenvalue weighted by molar-refractivity contribution is 14.0. The van der Waals surface area contributed by atoms with Crippen molar-refractivity contribution in [3.8, 4) is 0 Å². The maximum atomic E-state index is 4.84. The van der Waals surface area contributed by atoms with Crippen LogP contribution in [0.4, 0.5) is 0 Å². The minimum absolute atomic E-state index is 0. The molecule has 1 aromatic carbocycles.